The van der Waals surface area contributed by atoms with Gasteiger partial charge in [0.25, 0.3) is 5.56 Å². The molecule has 0 spiro atoms. The number of nitrogens with two attached hydrogens (primary N) is 1. The summed E-state index contributed by atoms with van der Waals surface area (Å²) in [5.74, 6) is -1.57. The molecule has 1 aromatic heterocycles. The molecular weight excluding hydrogens is 423 g/mol. The number of nitrogens with zero attached hydrogens (tertiary/aromatic N) is 1. The normalized spacial score (nSPS) is 11.9. The number of halogens is 2. The Morgan fingerprint density at radius 2 is 1.79 bits per heavy atom. The average Bonchev–Trinajstić information content (AvgIpc) is 2.61. The maximum absolute atomic E-state index is 12.7. The molecule has 0 amide bonds. The van der Waals surface area contributed by atoms with Crippen molar-refractivity contribution < 1.29 is 13.2 Å². The average molecular weight is 437 g/mol. The van der Waals surface area contributed by atoms with Gasteiger partial charge in [0.2, 0.25) is 10.0 Å². The Kier molecular flexibility index (Phi) is 5.60. The molecule has 0 bridgehead atoms. The van der Waals surface area contributed by atoms with E-state index in [-0.39, 0.29) is 10.5 Å². The number of benzene rings is 2. The van der Waals surface area contributed by atoms with Gasteiger partial charge >= 0.3 is 0 Å². The van der Waals surface area contributed by atoms with Gasteiger partial charge in [-0.15, -0.1) is 0 Å². The molecule has 0 saturated heterocycles. The number of hydrogen-bond donors (Lipinski definition) is 1. The van der Waals surface area contributed by atoms with Crippen LogP contribution in [0, 0.1) is 0 Å². The van der Waals surface area contributed by atoms with Crippen LogP contribution < -0.4 is 11.3 Å². The van der Waals surface area contributed by atoms with E-state index in [0.717, 1.165) is 12.1 Å². The summed E-state index contributed by atoms with van der Waals surface area (Å²) in [6.07, 6.45) is 2.54. The molecule has 28 heavy (non-hydrogen) atoms. The third kappa shape index (κ3) is 4.27. The van der Waals surface area contributed by atoms with Crippen molar-refractivity contribution >= 4 is 61.7 Å². The molecule has 3 aromatic rings. The number of rotatable bonds is 5. The van der Waals surface area contributed by atoms with E-state index >= 15 is 0 Å². The van der Waals surface area contributed by atoms with E-state index in [2.05, 4.69) is 0 Å². The number of anilines is 1. The van der Waals surface area contributed by atoms with Crippen LogP contribution in [0.1, 0.15) is 5.56 Å². The van der Waals surface area contributed by atoms with Crippen molar-refractivity contribution in [2.24, 2.45) is 0 Å². The predicted molar refractivity (Wildman–Crippen MR) is 112 cm³/mol. The second-order valence-electron chi connectivity index (χ2n) is 5.98. The van der Waals surface area contributed by atoms with Gasteiger partial charge in [0, 0.05) is 11.1 Å². The van der Waals surface area contributed by atoms with Gasteiger partial charge in [-0.05, 0) is 47.4 Å². The molecule has 1 heterocycles. The Morgan fingerprint density at radius 3 is 2.50 bits per heavy atom. The fraction of sp³-hybridized carbons (Fsp3) is 0.0526. The van der Waals surface area contributed by atoms with Crippen LogP contribution in [0.3, 0.4) is 0 Å². The van der Waals surface area contributed by atoms with Gasteiger partial charge in [0.15, 0.2) is 5.78 Å². The molecule has 2 aromatic carbocycles. The van der Waals surface area contributed by atoms with Crippen LogP contribution in [0.15, 0.2) is 59.4 Å². The minimum Gasteiger partial charge on any atom is -0.398 e. The van der Waals surface area contributed by atoms with Crippen LogP contribution in [0.2, 0.25) is 10.0 Å². The second-order valence-corrected chi connectivity index (χ2v) is 8.64. The highest BCUT2D eigenvalue weighted by molar-refractivity contribution is 7.90. The van der Waals surface area contributed by atoms with E-state index < -0.39 is 27.1 Å². The van der Waals surface area contributed by atoms with Crippen molar-refractivity contribution in [2.75, 3.05) is 11.5 Å². The molecule has 9 heteroatoms. The summed E-state index contributed by atoms with van der Waals surface area (Å²) in [6, 6.07) is 11.9. The first-order valence-electron chi connectivity index (χ1n) is 7.98. The lowest BCUT2D eigenvalue weighted by atomic mass is 10.2. The summed E-state index contributed by atoms with van der Waals surface area (Å²) in [4.78, 5) is 24.4. The van der Waals surface area contributed by atoms with Crippen LogP contribution >= 0.6 is 23.2 Å². The molecule has 0 fully saturated rings. The van der Waals surface area contributed by atoms with E-state index in [1.54, 1.807) is 30.3 Å². The maximum Gasteiger partial charge on any atom is 0.264 e. The molecule has 0 unspecified atom stereocenters. The molecule has 2 N–H and O–H groups in total. The standard InChI is InChI=1S/C19H14Cl2N2O4S/c20-14-5-3-13-4-8-19(25)23(18(13)10-14)28(26,27)11-15(24)6-1-12-2-7-16(21)17(22)9-12/h1-10H,11,22H2. The highest BCUT2D eigenvalue weighted by atomic mass is 35.5. The summed E-state index contributed by atoms with van der Waals surface area (Å²) >= 11 is 11.8. The van der Waals surface area contributed by atoms with E-state index in [9.17, 15) is 18.0 Å². The number of ketones is 1. The second kappa shape index (κ2) is 7.79. The first kappa shape index (κ1) is 20.1. The van der Waals surface area contributed by atoms with E-state index in [4.69, 9.17) is 28.9 Å². The van der Waals surface area contributed by atoms with Crippen molar-refractivity contribution in [3.63, 3.8) is 0 Å². The number of carbonyl (C=O) groups excluding carboxylic acids is 1. The lowest BCUT2D eigenvalue weighted by Crippen LogP contribution is -2.31. The number of hydrogen-bond acceptors (Lipinski definition) is 5. The van der Waals surface area contributed by atoms with Gasteiger partial charge in [-0.25, -0.2) is 12.4 Å². The molecule has 0 aliphatic rings. The largest absolute Gasteiger partial charge is 0.398 e. The zero-order chi connectivity index (χ0) is 20.5. The Balaban J connectivity index is 1.93. The lowest BCUT2D eigenvalue weighted by Gasteiger charge is -2.10. The van der Waals surface area contributed by atoms with E-state index in [1.807, 2.05) is 0 Å². The highest BCUT2D eigenvalue weighted by Crippen LogP contribution is 2.21. The molecular formula is C19H14Cl2N2O4S. The molecule has 3 rings (SSSR count). The summed E-state index contributed by atoms with van der Waals surface area (Å²) in [5, 5.41) is 1.15. The van der Waals surface area contributed by atoms with Gasteiger partial charge in [-0.1, -0.05) is 41.4 Å². The fourth-order valence-corrected chi connectivity index (χ4v) is 4.28. The maximum atomic E-state index is 12.7. The zero-order valence-electron chi connectivity index (χ0n) is 14.3. The van der Waals surface area contributed by atoms with Crippen molar-refractivity contribution in [3.05, 3.63) is 80.6 Å². The van der Waals surface area contributed by atoms with Gasteiger partial charge < -0.3 is 5.73 Å². The summed E-state index contributed by atoms with van der Waals surface area (Å²) in [7, 11) is -4.25. The molecule has 0 aliphatic heterocycles. The van der Waals surface area contributed by atoms with Crippen LogP contribution in [-0.4, -0.2) is 23.9 Å². The van der Waals surface area contributed by atoms with Crippen LogP contribution in [0.25, 0.3) is 17.0 Å². The molecule has 6 nitrogen and oxygen atoms in total. The molecule has 0 saturated carbocycles. The number of pyridine rings is 1. The molecule has 0 radical (unpaired) electrons. The Morgan fingerprint density at radius 1 is 1.07 bits per heavy atom. The van der Waals surface area contributed by atoms with Crippen molar-refractivity contribution in [1.82, 2.24) is 3.97 Å². The van der Waals surface area contributed by atoms with Gasteiger partial charge in [0.1, 0.15) is 5.75 Å². The first-order valence-corrected chi connectivity index (χ1v) is 10.3. The van der Waals surface area contributed by atoms with Crippen LogP contribution in [0.4, 0.5) is 5.69 Å². The topological polar surface area (TPSA) is 99.2 Å². The van der Waals surface area contributed by atoms with Crippen LogP contribution in [-0.2, 0) is 14.8 Å². The van der Waals surface area contributed by atoms with Crippen molar-refractivity contribution in [1.29, 1.82) is 0 Å². The number of aromatic nitrogens is 1. The van der Waals surface area contributed by atoms with Gasteiger partial charge in [-0.2, -0.15) is 0 Å². The third-order valence-electron chi connectivity index (χ3n) is 3.90. The smallest absolute Gasteiger partial charge is 0.264 e. The van der Waals surface area contributed by atoms with Gasteiger partial charge in [0.05, 0.1) is 16.2 Å². The van der Waals surface area contributed by atoms with Crippen molar-refractivity contribution in [2.45, 2.75) is 0 Å². The molecule has 0 aliphatic carbocycles. The highest BCUT2D eigenvalue weighted by Gasteiger charge is 2.21. The van der Waals surface area contributed by atoms with Gasteiger partial charge in [-0.3, -0.25) is 9.59 Å². The third-order valence-corrected chi connectivity index (χ3v) is 6.06. The minimum absolute atomic E-state index is 0.113. The van der Waals surface area contributed by atoms with Crippen molar-refractivity contribution in [3.8, 4) is 0 Å². The minimum atomic E-state index is -4.25. The number of allylic oxidation sites excluding steroid dienone is 1. The summed E-state index contributed by atoms with van der Waals surface area (Å²) < 4.78 is 26.1. The Hall–Kier alpha value is -2.61. The first-order chi connectivity index (χ1) is 13.2. The molecule has 144 valence electrons. The Bertz CT molecular complexity index is 1280. The monoisotopic (exact) mass is 436 g/mol. The SMILES string of the molecule is Nc1cc(C=CC(=O)CS(=O)(=O)n2c(=O)ccc3ccc(Cl)cc32)ccc1Cl. The number of fused-ring (bicyclic) bond motifs is 1. The number of nitrogen functional groups attached to an aromatic ring is 1. The Labute approximate surface area is 170 Å². The van der Waals surface area contributed by atoms with Crippen LogP contribution in [0.5, 0.6) is 0 Å². The predicted octanol–water partition coefficient (Wildman–Crippen LogP) is 3.35. The molecule has 0 atom stereocenters. The lowest BCUT2D eigenvalue weighted by molar-refractivity contribution is -0.112. The fourth-order valence-electron chi connectivity index (χ4n) is 2.62. The summed E-state index contributed by atoms with van der Waals surface area (Å²) in [5.41, 5.74) is 5.96. The quantitative estimate of drug-likeness (QED) is 0.488. The number of carbonyl (C=O) groups is 1. The summed E-state index contributed by atoms with van der Waals surface area (Å²) in [6.45, 7) is 0. The zero-order valence-corrected chi connectivity index (χ0v) is 16.6. The van der Waals surface area contributed by atoms with E-state index in [1.165, 1.54) is 18.2 Å². The van der Waals surface area contributed by atoms with E-state index in [0.29, 0.717) is 25.6 Å².